The molecule has 7 heteroatoms. The van der Waals surface area contributed by atoms with Gasteiger partial charge in [-0.05, 0) is 26.7 Å². The number of carbonyl (C=O) groups is 1. The number of aromatic amines is 1. The van der Waals surface area contributed by atoms with Gasteiger partial charge < -0.3 is 10.6 Å². The van der Waals surface area contributed by atoms with Crippen molar-refractivity contribution in [1.82, 2.24) is 20.1 Å². The van der Waals surface area contributed by atoms with Crippen molar-refractivity contribution in [3.63, 3.8) is 0 Å². The van der Waals surface area contributed by atoms with E-state index in [0.29, 0.717) is 13.0 Å². The van der Waals surface area contributed by atoms with E-state index in [1.54, 1.807) is 0 Å². The van der Waals surface area contributed by atoms with E-state index in [1.807, 2.05) is 18.7 Å². The predicted molar refractivity (Wildman–Crippen MR) is 75.2 cm³/mol. The Balaban J connectivity index is 0.00000180. The fourth-order valence-corrected chi connectivity index (χ4v) is 2.36. The number of amides is 1. The molecule has 108 valence electrons. The van der Waals surface area contributed by atoms with Crippen molar-refractivity contribution >= 4 is 18.3 Å². The zero-order valence-electron chi connectivity index (χ0n) is 11.4. The quantitative estimate of drug-likeness (QED) is 0.867. The molecule has 6 nitrogen and oxygen atoms in total. The second kappa shape index (κ2) is 6.86. The standard InChI is InChI=1S/C12H21N5O.ClH/c1-8(13)6-11(18)17-5-3-4-10(7-17)12-14-9(2)15-16-12;/h8,10H,3-7,13H2,1-2H3,(H,14,15,16);1H. The Labute approximate surface area is 119 Å². The number of hydrogen-bond acceptors (Lipinski definition) is 4. The summed E-state index contributed by atoms with van der Waals surface area (Å²) >= 11 is 0. The number of aryl methyl sites for hydroxylation is 1. The van der Waals surface area contributed by atoms with Gasteiger partial charge in [0, 0.05) is 31.5 Å². The molecule has 1 saturated heterocycles. The average Bonchev–Trinajstić information content (AvgIpc) is 2.75. The SMILES string of the molecule is Cc1nc(C2CCCN(C(=O)CC(C)N)C2)n[nH]1.Cl. The highest BCUT2D eigenvalue weighted by Gasteiger charge is 2.27. The summed E-state index contributed by atoms with van der Waals surface area (Å²) in [7, 11) is 0. The molecule has 1 fully saturated rings. The maximum Gasteiger partial charge on any atom is 0.224 e. The minimum atomic E-state index is -0.0800. The van der Waals surface area contributed by atoms with Gasteiger partial charge in [0.1, 0.15) is 5.82 Å². The van der Waals surface area contributed by atoms with Gasteiger partial charge in [-0.1, -0.05) is 0 Å². The smallest absolute Gasteiger partial charge is 0.224 e. The average molecular weight is 288 g/mol. The first kappa shape index (κ1) is 15.9. The summed E-state index contributed by atoms with van der Waals surface area (Å²) < 4.78 is 0. The van der Waals surface area contributed by atoms with E-state index in [2.05, 4.69) is 15.2 Å². The van der Waals surface area contributed by atoms with Crippen molar-refractivity contribution in [2.45, 2.75) is 45.1 Å². The molecule has 1 amide bonds. The number of H-pyrrole nitrogens is 1. The predicted octanol–water partition coefficient (Wildman–Crippen LogP) is 0.978. The first-order valence-corrected chi connectivity index (χ1v) is 6.48. The first-order chi connectivity index (χ1) is 8.56. The highest BCUT2D eigenvalue weighted by atomic mass is 35.5. The van der Waals surface area contributed by atoms with Gasteiger partial charge in [-0.2, -0.15) is 5.10 Å². The van der Waals surface area contributed by atoms with Crippen LogP contribution in [0, 0.1) is 6.92 Å². The lowest BCUT2D eigenvalue weighted by atomic mass is 9.97. The van der Waals surface area contributed by atoms with Crippen LogP contribution in [-0.4, -0.2) is 45.1 Å². The number of nitrogens with one attached hydrogen (secondary N) is 1. The van der Waals surface area contributed by atoms with Crippen molar-refractivity contribution in [3.05, 3.63) is 11.6 Å². The minimum absolute atomic E-state index is 0. The van der Waals surface area contributed by atoms with E-state index in [0.717, 1.165) is 31.0 Å². The van der Waals surface area contributed by atoms with Crippen molar-refractivity contribution < 1.29 is 4.79 Å². The third kappa shape index (κ3) is 4.18. The Morgan fingerprint density at radius 1 is 1.63 bits per heavy atom. The van der Waals surface area contributed by atoms with Crippen LogP contribution in [-0.2, 0) is 4.79 Å². The molecule has 3 N–H and O–H groups in total. The molecule has 0 bridgehead atoms. The zero-order valence-corrected chi connectivity index (χ0v) is 12.2. The van der Waals surface area contributed by atoms with Crippen molar-refractivity contribution in [2.24, 2.45) is 5.73 Å². The van der Waals surface area contributed by atoms with Gasteiger partial charge in [0.2, 0.25) is 5.91 Å². The molecule has 0 radical (unpaired) electrons. The highest BCUT2D eigenvalue weighted by Crippen LogP contribution is 2.24. The lowest BCUT2D eigenvalue weighted by Crippen LogP contribution is -2.41. The van der Waals surface area contributed by atoms with Crippen molar-refractivity contribution in [2.75, 3.05) is 13.1 Å². The van der Waals surface area contributed by atoms with Crippen LogP contribution in [0.3, 0.4) is 0 Å². The number of nitrogens with two attached hydrogens (primary N) is 1. The molecule has 0 saturated carbocycles. The minimum Gasteiger partial charge on any atom is -0.342 e. The summed E-state index contributed by atoms with van der Waals surface area (Å²) in [4.78, 5) is 18.2. The maximum atomic E-state index is 12.0. The van der Waals surface area contributed by atoms with Gasteiger partial charge in [-0.15, -0.1) is 12.4 Å². The van der Waals surface area contributed by atoms with Crippen LogP contribution in [0.4, 0.5) is 0 Å². The van der Waals surface area contributed by atoms with Crippen LogP contribution in [0.25, 0.3) is 0 Å². The van der Waals surface area contributed by atoms with E-state index in [9.17, 15) is 4.79 Å². The van der Waals surface area contributed by atoms with Crippen LogP contribution in [0.5, 0.6) is 0 Å². The number of halogens is 1. The summed E-state index contributed by atoms with van der Waals surface area (Å²) in [6.45, 7) is 5.28. The number of piperidine rings is 1. The number of aromatic nitrogens is 3. The lowest BCUT2D eigenvalue weighted by Gasteiger charge is -2.32. The summed E-state index contributed by atoms with van der Waals surface area (Å²) in [6.07, 6.45) is 2.46. The Kier molecular flexibility index (Phi) is 5.75. The molecule has 2 heterocycles. The zero-order chi connectivity index (χ0) is 13.1. The van der Waals surface area contributed by atoms with Crippen LogP contribution in [0.15, 0.2) is 0 Å². The summed E-state index contributed by atoms with van der Waals surface area (Å²) in [6, 6.07) is -0.0800. The van der Waals surface area contributed by atoms with Crippen LogP contribution in [0.2, 0.25) is 0 Å². The van der Waals surface area contributed by atoms with Crippen molar-refractivity contribution in [1.29, 1.82) is 0 Å². The molecule has 2 atom stereocenters. The van der Waals surface area contributed by atoms with Crippen LogP contribution in [0.1, 0.15) is 43.8 Å². The van der Waals surface area contributed by atoms with Gasteiger partial charge in [-0.3, -0.25) is 9.89 Å². The van der Waals surface area contributed by atoms with Gasteiger partial charge in [0.25, 0.3) is 0 Å². The van der Waals surface area contributed by atoms with E-state index < -0.39 is 0 Å². The molecule has 2 unspecified atom stereocenters. The Bertz CT molecular complexity index is 420. The van der Waals surface area contributed by atoms with E-state index in [4.69, 9.17) is 5.73 Å². The van der Waals surface area contributed by atoms with Gasteiger partial charge >= 0.3 is 0 Å². The van der Waals surface area contributed by atoms with Gasteiger partial charge in [0.15, 0.2) is 5.82 Å². The second-order valence-electron chi connectivity index (χ2n) is 5.14. The second-order valence-corrected chi connectivity index (χ2v) is 5.14. The summed E-state index contributed by atoms with van der Waals surface area (Å²) in [5.74, 6) is 2.04. The lowest BCUT2D eigenvalue weighted by molar-refractivity contribution is -0.132. The molecule has 1 aromatic rings. The number of rotatable bonds is 3. The van der Waals surface area contributed by atoms with Crippen LogP contribution >= 0.6 is 12.4 Å². The number of nitrogens with zero attached hydrogens (tertiary/aromatic N) is 3. The third-order valence-corrected chi connectivity index (χ3v) is 3.25. The Hall–Kier alpha value is -1.14. The molecule has 1 aliphatic rings. The molecule has 1 aliphatic heterocycles. The first-order valence-electron chi connectivity index (χ1n) is 6.48. The van der Waals surface area contributed by atoms with Crippen LogP contribution < -0.4 is 5.73 Å². The number of likely N-dealkylation sites (tertiary alicyclic amines) is 1. The number of carbonyl (C=O) groups excluding carboxylic acids is 1. The van der Waals surface area contributed by atoms with E-state index >= 15 is 0 Å². The van der Waals surface area contributed by atoms with Gasteiger partial charge in [-0.25, -0.2) is 4.98 Å². The number of hydrogen-bond donors (Lipinski definition) is 2. The fourth-order valence-electron chi connectivity index (χ4n) is 2.36. The molecule has 0 aromatic carbocycles. The molecular weight excluding hydrogens is 266 g/mol. The maximum absolute atomic E-state index is 12.0. The Morgan fingerprint density at radius 3 is 2.95 bits per heavy atom. The largest absolute Gasteiger partial charge is 0.342 e. The molecule has 0 spiro atoms. The monoisotopic (exact) mass is 287 g/mol. The summed E-state index contributed by atoms with van der Waals surface area (Å²) in [5, 5.41) is 7.05. The van der Waals surface area contributed by atoms with Crippen molar-refractivity contribution in [3.8, 4) is 0 Å². The molecule has 19 heavy (non-hydrogen) atoms. The Morgan fingerprint density at radius 2 is 2.37 bits per heavy atom. The highest BCUT2D eigenvalue weighted by molar-refractivity contribution is 5.85. The van der Waals surface area contributed by atoms with E-state index in [1.165, 1.54) is 0 Å². The molecule has 0 aliphatic carbocycles. The topological polar surface area (TPSA) is 87.9 Å². The summed E-state index contributed by atoms with van der Waals surface area (Å²) in [5.41, 5.74) is 5.67. The third-order valence-electron chi connectivity index (χ3n) is 3.25. The van der Waals surface area contributed by atoms with E-state index in [-0.39, 0.29) is 30.3 Å². The molecular formula is C12H22ClN5O. The normalized spacial score (nSPS) is 20.8. The fraction of sp³-hybridized carbons (Fsp3) is 0.750. The molecule has 2 rings (SSSR count). The molecule has 1 aromatic heterocycles. The van der Waals surface area contributed by atoms with Gasteiger partial charge in [0.05, 0.1) is 0 Å².